The Morgan fingerprint density at radius 1 is 0.384 bits per heavy atom. The van der Waals surface area contributed by atoms with Crippen LogP contribution in [0.2, 0.25) is 0 Å². The van der Waals surface area contributed by atoms with E-state index < -0.39 is 20.2 Å². The van der Waals surface area contributed by atoms with Gasteiger partial charge in [-0.15, -0.1) is 33.7 Å². The second-order valence-corrected chi connectivity index (χ2v) is 39.7. The van der Waals surface area contributed by atoms with Crippen LogP contribution in [0.1, 0.15) is 283 Å². The van der Waals surface area contributed by atoms with Crippen molar-refractivity contribution in [3.05, 3.63) is 89.7 Å². The number of aromatic nitrogens is 8. The molecule has 0 amide bonds. The fourth-order valence-electron chi connectivity index (χ4n) is 10.6. The Hall–Kier alpha value is -5.02. The van der Waals surface area contributed by atoms with Gasteiger partial charge in [0.1, 0.15) is 56.1 Å². The van der Waals surface area contributed by atoms with Gasteiger partial charge in [-0.3, -0.25) is 9.67 Å². The minimum atomic E-state index is -3.24. The summed E-state index contributed by atoms with van der Waals surface area (Å²) in [7, 11) is 4.82. The SMILES string of the molecule is CC1=C(C)S(=O)(=O)C(C)(C)C(C)(C)O1.CC1=C(C)SC(C)(C)C(C)(C)O1.CC1=NC(C)(C)C(C)(C)C(C)(C)O1.CC1=NC(C)(C)C(C)(C)C(C)(C)S1.CC1=NOC(C)(C)C(C)(C)O1.Cc1c(C)c(C)n(C)c1C.Cc1nc(C)n(C)c1C.Cc1nn(C)c(C)c1C.Cc1nnc(C)n1C. The van der Waals surface area contributed by atoms with Crippen molar-refractivity contribution in [1.29, 1.82) is 0 Å². The molecular weight excluding hydrogens is 1300 g/mol. The molecule has 4 aromatic rings. The van der Waals surface area contributed by atoms with Crippen LogP contribution in [0, 0.1) is 93.9 Å². The summed E-state index contributed by atoms with van der Waals surface area (Å²) in [5.41, 5.74) is 10.4. The predicted octanol–water partition coefficient (Wildman–Crippen LogP) is 19.9. The van der Waals surface area contributed by atoms with E-state index in [9.17, 15) is 8.42 Å². The molecule has 568 valence electrons. The second kappa shape index (κ2) is 32.3. The van der Waals surface area contributed by atoms with E-state index in [-0.39, 0.29) is 53.8 Å². The summed E-state index contributed by atoms with van der Waals surface area (Å²) in [4.78, 5) is 20.5. The highest BCUT2D eigenvalue weighted by Crippen LogP contribution is 2.54. The van der Waals surface area contributed by atoms with Crippen molar-refractivity contribution in [3.8, 4) is 0 Å². The topological polar surface area (TPSA) is 189 Å². The first-order valence-corrected chi connectivity index (χ1v) is 37.9. The molecule has 21 heteroatoms. The minimum Gasteiger partial charge on any atom is -0.490 e. The van der Waals surface area contributed by atoms with Crippen LogP contribution >= 0.6 is 23.5 Å². The van der Waals surface area contributed by atoms with Gasteiger partial charge in [-0.2, -0.15) is 5.10 Å². The number of rotatable bonds is 0. The lowest BCUT2D eigenvalue weighted by Crippen LogP contribution is -2.57. The van der Waals surface area contributed by atoms with Gasteiger partial charge >= 0.3 is 0 Å². The lowest BCUT2D eigenvalue weighted by atomic mass is 9.64. The summed E-state index contributed by atoms with van der Waals surface area (Å²) >= 11 is 3.82. The zero-order valence-corrected chi connectivity index (χ0v) is 74.0. The third kappa shape index (κ3) is 20.9. The Balaban J connectivity index is 0.000000559. The van der Waals surface area contributed by atoms with Crippen molar-refractivity contribution in [3.63, 3.8) is 0 Å². The summed E-state index contributed by atoms with van der Waals surface area (Å²) in [6.45, 7) is 88.6. The molecule has 99 heavy (non-hydrogen) atoms. The van der Waals surface area contributed by atoms with Gasteiger partial charge in [0.05, 0.1) is 37.2 Å². The molecule has 0 spiro atoms. The van der Waals surface area contributed by atoms with Crippen LogP contribution in [0.25, 0.3) is 0 Å². The highest BCUT2D eigenvalue weighted by Gasteiger charge is 2.55. The molecule has 0 aliphatic carbocycles. The maximum Gasteiger partial charge on any atom is 0.223 e. The van der Waals surface area contributed by atoms with Gasteiger partial charge in [0.2, 0.25) is 5.90 Å². The van der Waals surface area contributed by atoms with E-state index in [0.717, 1.165) is 40.5 Å². The van der Waals surface area contributed by atoms with Crippen LogP contribution in [-0.4, -0.2) is 117 Å². The zero-order valence-electron chi connectivity index (χ0n) is 71.5. The molecule has 18 nitrogen and oxygen atoms in total. The average molecular weight is 1440 g/mol. The Morgan fingerprint density at radius 2 is 0.818 bits per heavy atom. The van der Waals surface area contributed by atoms with Crippen molar-refractivity contribution in [1.82, 2.24) is 38.7 Å². The first kappa shape index (κ1) is 92.0. The molecule has 5 aliphatic rings. The van der Waals surface area contributed by atoms with E-state index in [1.807, 2.05) is 130 Å². The highest BCUT2D eigenvalue weighted by atomic mass is 32.2. The first-order valence-electron chi connectivity index (χ1n) is 34.8. The molecule has 9 rings (SSSR count). The second-order valence-electron chi connectivity index (χ2n) is 33.4. The molecule has 0 radical (unpaired) electrons. The average Bonchev–Trinajstić information content (AvgIpc) is 0.894. The third-order valence-corrected chi connectivity index (χ3v) is 29.8. The maximum absolute atomic E-state index is 12.1. The summed E-state index contributed by atoms with van der Waals surface area (Å²) in [5.74, 6) is 5.98. The molecule has 0 fully saturated rings. The number of ether oxygens (including phenoxy) is 4. The van der Waals surface area contributed by atoms with Crippen molar-refractivity contribution in [2.75, 3.05) is 0 Å². The Morgan fingerprint density at radius 3 is 1.11 bits per heavy atom. The first-order chi connectivity index (χ1) is 43.9. The molecule has 0 aromatic carbocycles. The van der Waals surface area contributed by atoms with E-state index in [1.54, 1.807) is 48.5 Å². The number of sulfone groups is 1. The summed E-state index contributed by atoms with van der Waals surface area (Å²) in [6.07, 6.45) is 0. The number of hydrogen-bond donors (Lipinski definition) is 0. The monoisotopic (exact) mass is 1440 g/mol. The van der Waals surface area contributed by atoms with Gasteiger partial charge in [0.25, 0.3) is 0 Å². The number of nitrogens with zero attached hydrogens (tertiary/aromatic N) is 11. The molecule has 9 heterocycles. The van der Waals surface area contributed by atoms with Crippen LogP contribution < -0.4 is 0 Å². The number of aryl methyl sites for hydroxylation is 6. The molecule has 0 unspecified atom stereocenters. The minimum absolute atomic E-state index is 0.0412. The predicted molar refractivity (Wildman–Crippen MR) is 424 cm³/mol. The number of oxime groups is 1. The summed E-state index contributed by atoms with van der Waals surface area (Å²) < 4.78 is 54.8. The molecule has 4 aromatic heterocycles. The highest BCUT2D eigenvalue weighted by molar-refractivity contribution is 8.15. The molecular formula is C78H141N11O7S3. The van der Waals surface area contributed by atoms with E-state index in [2.05, 4.69) is 220 Å². The lowest BCUT2D eigenvalue weighted by molar-refractivity contribution is -0.166. The fourth-order valence-corrected chi connectivity index (χ4v) is 15.2. The number of hydrogen-bond acceptors (Lipinski definition) is 16. The van der Waals surface area contributed by atoms with Crippen LogP contribution in [-0.2, 0) is 61.8 Å². The number of allylic oxidation sites excluding steroid dienone is 4. The van der Waals surface area contributed by atoms with Gasteiger partial charge in [0, 0.05) is 85.3 Å². The quantitative estimate of drug-likeness (QED) is 0.162. The van der Waals surface area contributed by atoms with Crippen molar-refractivity contribution in [2.45, 2.75) is 351 Å². The fraction of sp³-hybridized carbons (Fsp3) is 0.756. The number of thioether (sulfide) groups is 2. The van der Waals surface area contributed by atoms with Crippen LogP contribution in [0.3, 0.4) is 0 Å². The Bertz CT molecular complexity index is 3460. The van der Waals surface area contributed by atoms with Gasteiger partial charge in [0.15, 0.2) is 21.3 Å². The van der Waals surface area contributed by atoms with Crippen LogP contribution in [0.15, 0.2) is 36.5 Å². The van der Waals surface area contributed by atoms with Crippen LogP contribution in [0.4, 0.5) is 0 Å². The summed E-state index contributed by atoms with van der Waals surface area (Å²) in [5, 5.41) is 16.9. The molecule has 0 saturated heterocycles. The number of imidazole rings is 1. The van der Waals surface area contributed by atoms with Gasteiger partial charge in [-0.05, 0) is 273 Å². The smallest absolute Gasteiger partial charge is 0.223 e. The molecule has 0 bridgehead atoms. The molecule has 0 saturated carbocycles. The zero-order chi connectivity index (χ0) is 78.7. The molecule has 0 atom stereocenters. The largest absolute Gasteiger partial charge is 0.490 e. The van der Waals surface area contributed by atoms with Crippen LogP contribution in [0.5, 0.6) is 0 Å². The van der Waals surface area contributed by atoms with E-state index in [0.29, 0.717) is 16.6 Å². The van der Waals surface area contributed by atoms with Gasteiger partial charge in [-0.1, -0.05) is 32.9 Å². The molecule has 0 N–H and O–H groups in total. The van der Waals surface area contributed by atoms with E-state index in [1.165, 1.54) is 49.4 Å². The van der Waals surface area contributed by atoms with Crippen molar-refractivity contribution >= 4 is 50.2 Å². The lowest BCUT2D eigenvalue weighted by Gasteiger charge is -2.52. The normalized spacial score (nSPS) is 21.6. The third-order valence-electron chi connectivity index (χ3n) is 23.9. The molecule has 5 aliphatic heterocycles. The Labute approximate surface area is 612 Å². The van der Waals surface area contributed by atoms with Gasteiger partial charge < -0.3 is 37.5 Å². The van der Waals surface area contributed by atoms with Gasteiger partial charge in [-0.25, -0.2) is 18.4 Å². The summed E-state index contributed by atoms with van der Waals surface area (Å²) in [6, 6.07) is 0. The Kier molecular flexibility index (Phi) is 30.0. The maximum atomic E-state index is 12.1. The van der Waals surface area contributed by atoms with Crippen molar-refractivity contribution in [2.24, 2.45) is 54.2 Å². The number of aliphatic imine (C=N–C) groups is 2. The van der Waals surface area contributed by atoms with E-state index in [4.69, 9.17) is 28.8 Å². The van der Waals surface area contributed by atoms with Crippen molar-refractivity contribution < 1.29 is 32.2 Å². The van der Waals surface area contributed by atoms with E-state index >= 15 is 0 Å². The standard InChI is InChI=1S/C11H21NO.C11H21NS.C10H18O3S.C10H18OS.C9H15N.C8H15NO2.2C7H12N2.C5H9N3/c2*1-8-12-10(4,5)9(2,3)11(6,7)13-8;1-7-8(2)14(11,12)10(5,6)9(3,4)13-7;1-7-8(2)12-10(5,6)9(3,4)11-7;1-6-7(2)9(4)10(5)8(6)3;1-6-9-11-8(4,5)7(2,3)10-6;1-5-6(2)9(4)7(3)8-5;1-5-6(2)8-9(4)7(5)3;1-4-6-7-5(2)8(4)3/h2*1-7H3;1-6H3;1-6H3;1-5H3;1-5H3;2*1-4H3;1-3H3.